The van der Waals surface area contributed by atoms with Crippen LogP contribution >= 0.6 is 35.3 Å². The minimum absolute atomic E-state index is 0. The summed E-state index contributed by atoms with van der Waals surface area (Å²) >= 11 is 1.58. The van der Waals surface area contributed by atoms with E-state index in [9.17, 15) is 5.11 Å². The molecule has 1 aliphatic heterocycles. The van der Waals surface area contributed by atoms with Gasteiger partial charge in [-0.3, -0.25) is 4.90 Å². The van der Waals surface area contributed by atoms with Gasteiger partial charge in [0.15, 0.2) is 5.96 Å². The van der Waals surface area contributed by atoms with Crippen LogP contribution in [0.4, 0.5) is 0 Å². The lowest BCUT2D eigenvalue weighted by atomic mass is 10.00. The Balaban J connectivity index is 0.00000364. The molecule has 1 aromatic heterocycles. The quantitative estimate of drug-likeness (QED) is 0.285. The van der Waals surface area contributed by atoms with Crippen molar-refractivity contribution in [3.8, 4) is 0 Å². The summed E-state index contributed by atoms with van der Waals surface area (Å²) in [5, 5.41) is 21.2. The van der Waals surface area contributed by atoms with E-state index in [4.69, 9.17) is 4.74 Å². The molecule has 1 aliphatic rings. The highest BCUT2D eigenvalue weighted by Crippen LogP contribution is 2.23. The molecule has 1 aromatic rings. The summed E-state index contributed by atoms with van der Waals surface area (Å²) in [7, 11) is 0. The molecule has 0 spiro atoms. The van der Waals surface area contributed by atoms with Crippen LogP contribution < -0.4 is 10.6 Å². The van der Waals surface area contributed by atoms with Gasteiger partial charge in [-0.25, -0.2) is 4.99 Å². The van der Waals surface area contributed by atoms with E-state index < -0.39 is 5.60 Å². The molecule has 2 rings (SSSR count). The topological polar surface area (TPSA) is 69.1 Å². The lowest BCUT2D eigenvalue weighted by molar-refractivity contribution is -0.0284. The minimum atomic E-state index is -0.961. The summed E-state index contributed by atoms with van der Waals surface area (Å²) in [4.78, 5) is 7.04. The van der Waals surface area contributed by atoms with Crippen molar-refractivity contribution in [1.29, 1.82) is 0 Å². The third-order valence-corrected chi connectivity index (χ3v) is 5.06. The molecule has 2 heterocycles. The van der Waals surface area contributed by atoms with E-state index in [-0.39, 0.29) is 30.1 Å². The van der Waals surface area contributed by atoms with Gasteiger partial charge in [0.25, 0.3) is 0 Å². The second-order valence-electron chi connectivity index (χ2n) is 7.51. The highest BCUT2D eigenvalue weighted by Gasteiger charge is 2.24. The fraction of sp³-hybridized carbons (Fsp3) is 0.737. The van der Waals surface area contributed by atoms with Gasteiger partial charge in [-0.1, -0.05) is 13.8 Å². The Hall–Kier alpha value is -0.420. The lowest BCUT2D eigenvalue weighted by Crippen LogP contribution is -2.50. The maximum Gasteiger partial charge on any atom is 0.191 e. The number of morpholine rings is 1. The number of ether oxygens (including phenoxy) is 1. The van der Waals surface area contributed by atoms with Crippen LogP contribution in [0.1, 0.15) is 33.3 Å². The summed E-state index contributed by atoms with van der Waals surface area (Å²) in [5.41, 5.74) is -0.0559. The van der Waals surface area contributed by atoms with Gasteiger partial charge in [0.1, 0.15) is 5.60 Å². The van der Waals surface area contributed by atoms with Crippen LogP contribution in [-0.4, -0.2) is 67.9 Å². The predicted molar refractivity (Wildman–Crippen MR) is 124 cm³/mol. The number of halogens is 1. The Morgan fingerprint density at radius 1 is 1.48 bits per heavy atom. The molecule has 0 amide bonds. The first-order valence-corrected chi connectivity index (χ1v) is 10.5. The molecule has 8 heteroatoms. The maximum absolute atomic E-state index is 10.6. The molecular weight excluding hydrogens is 475 g/mol. The van der Waals surface area contributed by atoms with Gasteiger partial charge in [0.05, 0.1) is 19.3 Å². The fourth-order valence-electron chi connectivity index (χ4n) is 3.03. The zero-order chi connectivity index (χ0) is 19.0. The molecule has 6 nitrogen and oxygen atoms in total. The van der Waals surface area contributed by atoms with Gasteiger partial charge in [-0.2, -0.15) is 11.3 Å². The van der Waals surface area contributed by atoms with Crippen LogP contribution in [0.25, 0.3) is 0 Å². The van der Waals surface area contributed by atoms with Gasteiger partial charge < -0.3 is 20.5 Å². The Morgan fingerprint density at radius 3 is 2.89 bits per heavy atom. The standard InChI is InChI=1S/C19H34N4O2S.HI/c1-5-20-18(22-14-19(4,24)16-6-9-26-13-16)21-10-17-12-23(7-8-25-17)11-15(2)3;/h6,9,13,15,17,24H,5,7-8,10-12,14H2,1-4H3,(H2,20,21,22);1H. The number of aliphatic hydroxyl groups is 1. The third kappa shape index (κ3) is 8.64. The summed E-state index contributed by atoms with van der Waals surface area (Å²) in [5.74, 6) is 1.38. The SMILES string of the molecule is CCNC(=NCC(C)(O)c1ccsc1)NCC1CN(CC(C)C)CCO1.I. The number of rotatable bonds is 8. The molecular formula is C19H35IN4O2S. The number of hydrogen-bond acceptors (Lipinski definition) is 5. The first-order chi connectivity index (χ1) is 12.4. The molecule has 0 aromatic carbocycles. The number of nitrogens with zero attached hydrogens (tertiary/aromatic N) is 2. The molecule has 3 N–H and O–H groups in total. The normalized spacial score (nSPS) is 20.8. The van der Waals surface area contributed by atoms with Gasteiger partial charge >= 0.3 is 0 Å². The number of thiophene rings is 1. The molecule has 0 bridgehead atoms. The van der Waals surface area contributed by atoms with E-state index >= 15 is 0 Å². The highest BCUT2D eigenvalue weighted by atomic mass is 127. The van der Waals surface area contributed by atoms with Crippen molar-refractivity contribution in [2.75, 3.05) is 45.9 Å². The third-order valence-electron chi connectivity index (χ3n) is 4.38. The zero-order valence-corrected chi connectivity index (χ0v) is 20.0. The molecule has 2 atom stereocenters. The first-order valence-electron chi connectivity index (χ1n) is 9.52. The molecule has 156 valence electrons. The lowest BCUT2D eigenvalue weighted by Gasteiger charge is -2.34. The van der Waals surface area contributed by atoms with Crippen molar-refractivity contribution in [2.45, 2.75) is 39.4 Å². The van der Waals surface area contributed by atoms with Crippen LogP contribution in [0.3, 0.4) is 0 Å². The van der Waals surface area contributed by atoms with Crippen molar-refractivity contribution < 1.29 is 9.84 Å². The molecule has 2 unspecified atom stereocenters. The van der Waals surface area contributed by atoms with Crippen LogP contribution in [0, 0.1) is 5.92 Å². The largest absolute Gasteiger partial charge is 0.383 e. The van der Waals surface area contributed by atoms with Gasteiger partial charge in [-0.15, -0.1) is 24.0 Å². The number of aliphatic imine (C=N–C) groups is 1. The van der Waals surface area contributed by atoms with Crippen molar-refractivity contribution >= 4 is 41.3 Å². The molecule has 0 radical (unpaired) electrons. The molecule has 1 fully saturated rings. The second-order valence-corrected chi connectivity index (χ2v) is 8.29. The highest BCUT2D eigenvalue weighted by molar-refractivity contribution is 14.0. The van der Waals surface area contributed by atoms with Crippen molar-refractivity contribution in [2.24, 2.45) is 10.9 Å². The van der Waals surface area contributed by atoms with Crippen molar-refractivity contribution in [3.05, 3.63) is 22.4 Å². The molecule has 0 aliphatic carbocycles. The maximum atomic E-state index is 10.6. The van der Waals surface area contributed by atoms with E-state index in [1.54, 1.807) is 18.3 Å². The van der Waals surface area contributed by atoms with Crippen molar-refractivity contribution in [1.82, 2.24) is 15.5 Å². The van der Waals surface area contributed by atoms with Gasteiger partial charge in [0, 0.05) is 32.7 Å². The summed E-state index contributed by atoms with van der Waals surface area (Å²) < 4.78 is 5.89. The fourth-order valence-corrected chi connectivity index (χ4v) is 3.82. The average Bonchev–Trinajstić information content (AvgIpc) is 3.13. The van der Waals surface area contributed by atoms with E-state index in [2.05, 4.69) is 34.4 Å². The van der Waals surface area contributed by atoms with Gasteiger partial charge in [0.2, 0.25) is 0 Å². The van der Waals surface area contributed by atoms with E-state index in [0.29, 0.717) is 25.0 Å². The van der Waals surface area contributed by atoms with E-state index in [1.165, 1.54) is 0 Å². The molecule has 27 heavy (non-hydrogen) atoms. The first kappa shape index (κ1) is 24.6. The number of guanidine groups is 1. The summed E-state index contributed by atoms with van der Waals surface area (Å²) in [6.45, 7) is 14.0. The van der Waals surface area contributed by atoms with E-state index in [0.717, 1.165) is 38.3 Å². The van der Waals surface area contributed by atoms with Gasteiger partial charge in [-0.05, 0) is 42.2 Å². The predicted octanol–water partition coefficient (Wildman–Crippen LogP) is 2.49. The Morgan fingerprint density at radius 2 is 2.26 bits per heavy atom. The average molecular weight is 510 g/mol. The van der Waals surface area contributed by atoms with Crippen molar-refractivity contribution in [3.63, 3.8) is 0 Å². The van der Waals surface area contributed by atoms with Crippen LogP contribution in [0.2, 0.25) is 0 Å². The Kier molecular flexibility index (Phi) is 11.1. The smallest absolute Gasteiger partial charge is 0.191 e. The Bertz CT molecular complexity index is 552. The summed E-state index contributed by atoms with van der Waals surface area (Å²) in [6.07, 6.45) is 0.156. The summed E-state index contributed by atoms with van der Waals surface area (Å²) in [6, 6.07) is 1.94. The second kappa shape index (κ2) is 12.2. The molecule has 0 saturated carbocycles. The van der Waals surface area contributed by atoms with E-state index in [1.807, 2.05) is 23.8 Å². The number of hydrogen-bond donors (Lipinski definition) is 3. The zero-order valence-electron chi connectivity index (χ0n) is 16.9. The van der Waals surface area contributed by atoms with Crippen LogP contribution in [-0.2, 0) is 10.3 Å². The number of nitrogens with one attached hydrogen (secondary N) is 2. The minimum Gasteiger partial charge on any atom is -0.383 e. The monoisotopic (exact) mass is 510 g/mol. The van der Waals surface area contributed by atoms with Crippen LogP contribution in [0.15, 0.2) is 21.8 Å². The Labute approximate surface area is 184 Å². The molecule has 1 saturated heterocycles. The van der Waals surface area contributed by atoms with Crippen LogP contribution in [0.5, 0.6) is 0 Å².